The van der Waals surface area contributed by atoms with Gasteiger partial charge >= 0.3 is 5.97 Å². The molecule has 0 aliphatic carbocycles. The number of hydrogen-bond acceptors (Lipinski definition) is 3. The minimum atomic E-state index is -0.698. The van der Waals surface area contributed by atoms with Gasteiger partial charge in [-0.05, 0) is 44.9 Å². The summed E-state index contributed by atoms with van der Waals surface area (Å²) in [7, 11) is 0. The first-order valence-corrected chi connectivity index (χ1v) is 7.27. The highest BCUT2D eigenvalue weighted by Crippen LogP contribution is 2.14. The van der Waals surface area contributed by atoms with E-state index in [4.69, 9.17) is 16.3 Å². The number of nitrogens with one attached hydrogen (secondary N) is 1. The molecule has 0 unspecified atom stereocenters. The SMILES string of the molecule is CC(C)[C@@H](NC(=O)c1cccc(Cl)c1)C(=O)OC(C)(C)C. The number of esters is 1. The quantitative estimate of drug-likeness (QED) is 0.867. The summed E-state index contributed by atoms with van der Waals surface area (Å²) in [5, 5.41) is 3.18. The molecular formula is C16H22ClNO3. The molecule has 1 atom stereocenters. The molecular weight excluding hydrogens is 290 g/mol. The molecule has 5 heteroatoms. The van der Waals surface area contributed by atoms with Crippen molar-refractivity contribution in [1.29, 1.82) is 0 Å². The fourth-order valence-electron chi connectivity index (χ4n) is 1.72. The first kappa shape index (κ1) is 17.5. The summed E-state index contributed by atoms with van der Waals surface area (Å²) in [5.41, 5.74) is -0.179. The highest BCUT2D eigenvalue weighted by Gasteiger charge is 2.29. The van der Waals surface area contributed by atoms with E-state index < -0.39 is 17.6 Å². The average molecular weight is 312 g/mol. The number of halogens is 1. The third kappa shape index (κ3) is 5.76. The van der Waals surface area contributed by atoms with Crippen LogP contribution in [0.15, 0.2) is 24.3 Å². The Morgan fingerprint density at radius 2 is 1.86 bits per heavy atom. The van der Waals surface area contributed by atoms with Crippen molar-refractivity contribution in [3.63, 3.8) is 0 Å². The molecule has 1 rings (SSSR count). The molecule has 4 nitrogen and oxygen atoms in total. The summed E-state index contributed by atoms with van der Waals surface area (Å²) in [6, 6.07) is 5.88. The van der Waals surface area contributed by atoms with Crippen LogP contribution in [0.5, 0.6) is 0 Å². The van der Waals surface area contributed by atoms with E-state index in [1.807, 2.05) is 13.8 Å². The number of carbonyl (C=O) groups excluding carboxylic acids is 2. The van der Waals surface area contributed by atoms with E-state index in [0.717, 1.165) is 0 Å². The van der Waals surface area contributed by atoms with Gasteiger partial charge in [0.25, 0.3) is 5.91 Å². The Labute approximate surface area is 130 Å². The van der Waals surface area contributed by atoms with Gasteiger partial charge in [-0.3, -0.25) is 4.79 Å². The van der Waals surface area contributed by atoms with Crippen molar-refractivity contribution >= 4 is 23.5 Å². The van der Waals surface area contributed by atoms with Gasteiger partial charge in [0, 0.05) is 10.6 Å². The van der Waals surface area contributed by atoms with Gasteiger partial charge in [0.1, 0.15) is 11.6 Å². The van der Waals surface area contributed by atoms with Crippen molar-refractivity contribution in [2.24, 2.45) is 5.92 Å². The average Bonchev–Trinajstić information content (AvgIpc) is 2.32. The van der Waals surface area contributed by atoms with Gasteiger partial charge < -0.3 is 10.1 Å². The van der Waals surface area contributed by atoms with Crippen LogP contribution >= 0.6 is 11.6 Å². The van der Waals surface area contributed by atoms with E-state index >= 15 is 0 Å². The molecule has 0 saturated heterocycles. The van der Waals surface area contributed by atoms with Gasteiger partial charge in [-0.1, -0.05) is 31.5 Å². The molecule has 0 aliphatic heterocycles. The molecule has 0 fully saturated rings. The number of benzene rings is 1. The Hall–Kier alpha value is -1.55. The molecule has 1 amide bonds. The molecule has 1 aromatic carbocycles. The van der Waals surface area contributed by atoms with Crippen LogP contribution in [0.4, 0.5) is 0 Å². The zero-order valence-corrected chi connectivity index (χ0v) is 13.8. The van der Waals surface area contributed by atoms with E-state index in [0.29, 0.717) is 10.6 Å². The molecule has 0 radical (unpaired) electrons. The predicted octanol–water partition coefficient (Wildman–Crippen LogP) is 3.44. The summed E-state index contributed by atoms with van der Waals surface area (Å²) in [6.45, 7) is 9.09. The lowest BCUT2D eigenvalue weighted by atomic mass is 10.0. The number of carbonyl (C=O) groups is 2. The van der Waals surface area contributed by atoms with Crippen molar-refractivity contribution in [1.82, 2.24) is 5.32 Å². The smallest absolute Gasteiger partial charge is 0.329 e. The number of hydrogen-bond donors (Lipinski definition) is 1. The Balaban J connectivity index is 2.84. The van der Waals surface area contributed by atoms with Gasteiger partial charge in [-0.25, -0.2) is 4.79 Å². The van der Waals surface area contributed by atoms with Crippen LogP contribution in [0.3, 0.4) is 0 Å². The van der Waals surface area contributed by atoms with Gasteiger partial charge in [0.15, 0.2) is 0 Å². The molecule has 1 aromatic rings. The lowest BCUT2D eigenvalue weighted by Gasteiger charge is -2.26. The molecule has 21 heavy (non-hydrogen) atoms. The van der Waals surface area contributed by atoms with E-state index in [1.54, 1.807) is 45.0 Å². The normalized spacial score (nSPS) is 12.9. The third-order valence-corrected chi connectivity index (χ3v) is 2.94. The summed E-state index contributed by atoms with van der Waals surface area (Å²) < 4.78 is 5.34. The standard InChI is InChI=1S/C16H22ClNO3/c1-10(2)13(15(20)21-16(3,4)5)18-14(19)11-7-6-8-12(17)9-11/h6-10,13H,1-5H3,(H,18,19)/t13-/m1/s1. The maximum atomic E-state index is 12.2. The van der Waals surface area contributed by atoms with E-state index in [2.05, 4.69) is 5.32 Å². The van der Waals surface area contributed by atoms with Gasteiger partial charge in [0.2, 0.25) is 0 Å². The van der Waals surface area contributed by atoms with Crippen LogP contribution in [0, 0.1) is 5.92 Å². The Bertz CT molecular complexity index is 520. The highest BCUT2D eigenvalue weighted by molar-refractivity contribution is 6.30. The van der Waals surface area contributed by atoms with E-state index in [9.17, 15) is 9.59 Å². The molecule has 0 heterocycles. The molecule has 0 saturated carbocycles. The van der Waals surface area contributed by atoms with Crippen molar-refractivity contribution < 1.29 is 14.3 Å². The maximum absolute atomic E-state index is 12.2. The van der Waals surface area contributed by atoms with Crippen molar-refractivity contribution in [2.75, 3.05) is 0 Å². The van der Waals surface area contributed by atoms with Gasteiger partial charge in [-0.2, -0.15) is 0 Å². The number of rotatable bonds is 4. The van der Waals surface area contributed by atoms with Crippen molar-refractivity contribution in [3.05, 3.63) is 34.9 Å². The molecule has 1 N–H and O–H groups in total. The largest absolute Gasteiger partial charge is 0.458 e. The van der Waals surface area contributed by atoms with Crippen molar-refractivity contribution in [3.8, 4) is 0 Å². The minimum Gasteiger partial charge on any atom is -0.458 e. The summed E-state index contributed by atoms with van der Waals surface area (Å²) in [6.07, 6.45) is 0. The van der Waals surface area contributed by atoms with Gasteiger partial charge in [-0.15, -0.1) is 0 Å². The molecule has 0 bridgehead atoms. The van der Waals surface area contributed by atoms with Gasteiger partial charge in [0.05, 0.1) is 0 Å². The Morgan fingerprint density at radius 3 is 2.33 bits per heavy atom. The first-order chi connectivity index (χ1) is 9.60. The Kier molecular flexibility index (Phi) is 5.78. The second-order valence-corrected chi connectivity index (χ2v) is 6.68. The van der Waals surface area contributed by atoms with E-state index in [1.165, 1.54) is 0 Å². The number of amides is 1. The van der Waals surface area contributed by atoms with Crippen molar-refractivity contribution in [2.45, 2.75) is 46.3 Å². The van der Waals surface area contributed by atoms with Crippen LogP contribution in [0.25, 0.3) is 0 Å². The van der Waals surface area contributed by atoms with E-state index in [-0.39, 0.29) is 11.8 Å². The summed E-state index contributed by atoms with van der Waals surface area (Å²) in [4.78, 5) is 24.4. The number of ether oxygens (including phenoxy) is 1. The van der Waals surface area contributed by atoms with Crippen LogP contribution < -0.4 is 5.32 Å². The molecule has 0 aromatic heterocycles. The molecule has 0 spiro atoms. The zero-order chi connectivity index (χ0) is 16.2. The summed E-state index contributed by atoms with van der Waals surface area (Å²) >= 11 is 5.87. The zero-order valence-electron chi connectivity index (χ0n) is 13.1. The lowest BCUT2D eigenvalue weighted by molar-refractivity contribution is -0.158. The Morgan fingerprint density at radius 1 is 1.24 bits per heavy atom. The second kappa shape index (κ2) is 6.94. The summed E-state index contributed by atoms with van der Waals surface area (Å²) in [5.74, 6) is -0.863. The fraction of sp³-hybridized carbons (Fsp3) is 0.500. The first-order valence-electron chi connectivity index (χ1n) is 6.89. The highest BCUT2D eigenvalue weighted by atomic mass is 35.5. The maximum Gasteiger partial charge on any atom is 0.329 e. The second-order valence-electron chi connectivity index (χ2n) is 6.24. The van der Waals surface area contributed by atoms with Crippen LogP contribution in [-0.2, 0) is 9.53 Å². The molecule has 0 aliphatic rings. The van der Waals surface area contributed by atoms with Crippen LogP contribution in [0.2, 0.25) is 5.02 Å². The monoisotopic (exact) mass is 311 g/mol. The third-order valence-electron chi connectivity index (χ3n) is 2.70. The predicted molar refractivity (Wildman–Crippen MR) is 83.4 cm³/mol. The topological polar surface area (TPSA) is 55.4 Å². The van der Waals surface area contributed by atoms with Crippen LogP contribution in [-0.4, -0.2) is 23.5 Å². The lowest BCUT2D eigenvalue weighted by Crippen LogP contribution is -2.47. The van der Waals surface area contributed by atoms with Crippen LogP contribution in [0.1, 0.15) is 45.0 Å². The fourth-order valence-corrected chi connectivity index (χ4v) is 1.91. The minimum absolute atomic E-state index is 0.0806. The molecule has 116 valence electrons.